The summed E-state index contributed by atoms with van der Waals surface area (Å²) in [6.07, 6.45) is 1.56. The van der Waals surface area contributed by atoms with E-state index in [-0.39, 0.29) is 12.5 Å². The van der Waals surface area contributed by atoms with Crippen LogP contribution >= 0.6 is 11.6 Å². The molecule has 3 aromatic carbocycles. The Morgan fingerprint density at radius 2 is 1.86 bits per heavy atom. The van der Waals surface area contributed by atoms with Crippen molar-refractivity contribution in [2.24, 2.45) is 5.10 Å². The number of hydrogen-bond donors (Lipinski definition) is 1. The quantitative estimate of drug-likeness (QED) is 0.432. The number of ether oxygens (including phenoxy) is 2. The smallest absolute Gasteiger partial charge is 0.277 e. The van der Waals surface area contributed by atoms with Gasteiger partial charge in [-0.25, -0.2) is 5.43 Å². The van der Waals surface area contributed by atoms with Crippen LogP contribution in [0.5, 0.6) is 11.5 Å². The molecule has 0 saturated carbocycles. The molecule has 0 aliphatic carbocycles. The summed E-state index contributed by atoms with van der Waals surface area (Å²) in [5.41, 5.74) is 5.21. The van der Waals surface area contributed by atoms with E-state index in [9.17, 15) is 4.79 Å². The molecule has 1 N–H and O–H groups in total. The third-order valence-electron chi connectivity index (χ3n) is 4.01. The van der Waals surface area contributed by atoms with Gasteiger partial charge in [-0.15, -0.1) is 0 Å². The standard InChI is InChI=1S/C23H21ClN2O3/c1-17-12-20(24)10-11-22(17)29-16-23(27)26-25-14-19-8-5-9-21(13-19)28-15-18-6-3-2-4-7-18/h2-14H,15-16H2,1H3,(H,26,27)/b25-14+. The summed E-state index contributed by atoms with van der Waals surface area (Å²) in [5.74, 6) is 0.981. The first-order valence-electron chi connectivity index (χ1n) is 9.08. The first kappa shape index (κ1) is 20.4. The molecule has 3 aromatic rings. The summed E-state index contributed by atoms with van der Waals surface area (Å²) >= 11 is 5.91. The zero-order valence-electron chi connectivity index (χ0n) is 16.0. The molecule has 1 amide bonds. The minimum Gasteiger partial charge on any atom is -0.489 e. The van der Waals surface area contributed by atoms with E-state index < -0.39 is 0 Å². The van der Waals surface area contributed by atoms with Gasteiger partial charge in [0.15, 0.2) is 6.61 Å². The minimum absolute atomic E-state index is 0.139. The second kappa shape index (κ2) is 10.3. The van der Waals surface area contributed by atoms with Crippen LogP contribution in [0.3, 0.4) is 0 Å². The second-order valence-electron chi connectivity index (χ2n) is 6.34. The largest absolute Gasteiger partial charge is 0.489 e. The van der Waals surface area contributed by atoms with Crippen LogP contribution in [0.15, 0.2) is 77.9 Å². The van der Waals surface area contributed by atoms with Crippen LogP contribution in [0.25, 0.3) is 0 Å². The van der Waals surface area contributed by atoms with Gasteiger partial charge in [0.25, 0.3) is 5.91 Å². The second-order valence-corrected chi connectivity index (χ2v) is 6.77. The van der Waals surface area contributed by atoms with E-state index in [4.69, 9.17) is 21.1 Å². The summed E-state index contributed by atoms with van der Waals surface area (Å²) in [7, 11) is 0. The fraction of sp³-hybridized carbons (Fsp3) is 0.130. The number of hydrazone groups is 1. The monoisotopic (exact) mass is 408 g/mol. The normalized spacial score (nSPS) is 10.7. The molecule has 0 aromatic heterocycles. The number of halogens is 1. The zero-order chi connectivity index (χ0) is 20.5. The molecule has 0 atom stereocenters. The number of hydrogen-bond acceptors (Lipinski definition) is 4. The zero-order valence-corrected chi connectivity index (χ0v) is 16.7. The SMILES string of the molecule is Cc1cc(Cl)ccc1OCC(=O)N/N=C/c1cccc(OCc2ccccc2)c1. The van der Waals surface area contributed by atoms with Crippen LogP contribution in [0.4, 0.5) is 0 Å². The maximum Gasteiger partial charge on any atom is 0.277 e. The lowest BCUT2D eigenvalue weighted by atomic mass is 10.2. The van der Waals surface area contributed by atoms with E-state index in [0.717, 1.165) is 22.4 Å². The Bertz CT molecular complexity index is 990. The van der Waals surface area contributed by atoms with Crippen molar-refractivity contribution in [3.05, 3.63) is 94.5 Å². The van der Waals surface area contributed by atoms with Gasteiger partial charge in [0.1, 0.15) is 18.1 Å². The van der Waals surface area contributed by atoms with Crippen molar-refractivity contribution in [3.63, 3.8) is 0 Å². The van der Waals surface area contributed by atoms with E-state index in [1.807, 2.05) is 61.5 Å². The summed E-state index contributed by atoms with van der Waals surface area (Å²) in [6.45, 7) is 2.21. The number of nitrogens with one attached hydrogen (secondary N) is 1. The highest BCUT2D eigenvalue weighted by Gasteiger charge is 2.04. The molecule has 0 saturated heterocycles. The van der Waals surface area contributed by atoms with Crippen LogP contribution in [-0.4, -0.2) is 18.7 Å². The third-order valence-corrected chi connectivity index (χ3v) is 4.24. The first-order chi connectivity index (χ1) is 14.1. The molecular weight excluding hydrogens is 388 g/mol. The van der Waals surface area contributed by atoms with Crippen molar-refractivity contribution in [1.29, 1.82) is 0 Å². The van der Waals surface area contributed by atoms with E-state index in [1.54, 1.807) is 24.4 Å². The number of carbonyl (C=O) groups is 1. The molecule has 6 heteroatoms. The molecule has 148 valence electrons. The van der Waals surface area contributed by atoms with E-state index in [1.165, 1.54) is 0 Å². The van der Waals surface area contributed by atoms with Gasteiger partial charge < -0.3 is 9.47 Å². The highest BCUT2D eigenvalue weighted by Crippen LogP contribution is 2.21. The van der Waals surface area contributed by atoms with Crippen LogP contribution < -0.4 is 14.9 Å². The van der Waals surface area contributed by atoms with Crippen LogP contribution in [0.2, 0.25) is 5.02 Å². The number of carbonyl (C=O) groups excluding carboxylic acids is 1. The van der Waals surface area contributed by atoms with Gasteiger partial charge in [0.05, 0.1) is 6.21 Å². The predicted molar refractivity (Wildman–Crippen MR) is 115 cm³/mol. The summed E-state index contributed by atoms with van der Waals surface area (Å²) < 4.78 is 11.3. The highest BCUT2D eigenvalue weighted by atomic mass is 35.5. The molecule has 0 heterocycles. The lowest BCUT2D eigenvalue weighted by molar-refractivity contribution is -0.123. The number of amides is 1. The lowest BCUT2D eigenvalue weighted by Crippen LogP contribution is -2.24. The number of benzene rings is 3. The number of rotatable bonds is 8. The number of nitrogens with zero attached hydrogens (tertiary/aromatic N) is 1. The Hall–Kier alpha value is -3.31. The molecule has 5 nitrogen and oxygen atoms in total. The lowest BCUT2D eigenvalue weighted by Gasteiger charge is -2.08. The van der Waals surface area contributed by atoms with Gasteiger partial charge in [-0.2, -0.15) is 5.10 Å². The number of aryl methyl sites for hydroxylation is 1. The predicted octanol–water partition coefficient (Wildman–Crippen LogP) is 4.76. The maximum absolute atomic E-state index is 11.9. The molecular formula is C23H21ClN2O3. The van der Waals surface area contributed by atoms with Crippen molar-refractivity contribution >= 4 is 23.7 Å². The molecule has 0 spiro atoms. The van der Waals surface area contributed by atoms with Gasteiger partial charge in [-0.3, -0.25) is 4.79 Å². The maximum atomic E-state index is 11.9. The molecule has 29 heavy (non-hydrogen) atoms. The summed E-state index contributed by atoms with van der Waals surface area (Å²) in [5, 5.41) is 4.59. The van der Waals surface area contributed by atoms with Gasteiger partial charge in [-0.05, 0) is 53.9 Å². The van der Waals surface area contributed by atoms with E-state index >= 15 is 0 Å². The van der Waals surface area contributed by atoms with Gasteiger partial charge in [-0.1, -0.05) is 54.1 Å². The Kier molecular flexibility index (Phi) is 7.25. The van der Waals surface area contributed by atoms with E-state index in [2.05, 4.69) is 10.5 Å². The van der Waals surface area contributed by atoms with Crippen LogP contribution in [0, 0.1) is 6.92 Å². The van der Waals surface area contributed by atoms with Crippen LogP contribution in [0.1, 0.15) is 16.7 Å². The Labute approximate surface area is 174 Å². The fourth-order valence-electron chi connectivity index (χ4n) is 2.55. The molecule has 0 aliphatic heterocycles. The van der Waals surface area contributed by atoms with Crippen LogP contribution in [-0.2, 0) is 11.4 Å². The topological polar surface area (TPSA) is 59.9 Å². The van der Waals surface area contributed by atoms with E-state index in [0.29, 0.717) is 17.4 Å². The Morgan fingerprint density at radius 3 is 2.66 bits per heavy atom. The molecule has 3 rings (SSSR count). The Balaban J connectivity index is 1.47. The van der Waals surface area contributed by atoms with Crippen molar-refractivity contribution in [2.45, 2.75) is 13.5 Å². The third kappa shape index (κ3) is 6.66. The van der Waals surface area contributed by atoms with Crippen molar-refractivity contribution in [3.8, 4) is 11.5 Å². The average Bonchev–Trinajstić information content (AvgIpc) is 2.73. The summed E-state index contributed by atoms with van der Waals surface area (Å²) in [6, 6.07) is 22.6. The first-order valence-corrected chi connectivity index (χ1v) is 9.45. The molecule has 0 radical (unpaired) electrons. The molecule has 0 unspecified atom stereocenters. The van der Waals surface area contributed by atoms with Gasteiger partial charge in [0.2, 0.25) is 0 Å². The molecule has 0 fully saturated rings. The summed E-state index contributed by atoms with van der Waals surface area (Å²) in [4.78, 5) is 11.9. The highest BCUT2D eigenvalue weighted by molar-refractivity contribution is 6.30. The molecule has 0 aliphatic rings. The van der Waals surface area contributed by atoms with Crippen molar-refractivity contribution in [1.82, 2.24) is 5.43 Å². The Morgan fingerprint density at radius 1 is 1.03 bits per heavy atom. The van der Waals surface area contributed by atoms with Gasteiger partial charge in [0, 0.05) is 5.02 Å². The average molecular weight is 409 g/mol. The fourth-order valence-corrected chi connectivity index (χ4v) is 2.78. The molecule has 0 bridgehead atoms. The van der Waals surface area contributed by atoms with Crippen molar-refractivity contribution < 1.29 is 14.3 Å². The van der Waals surface area contributed by atoms with Crippen molar-refractivity contribution in [2.75, 3.05) is 6.61 Å². The van der Waals surface area contributed by atoms with Gasteiger partial charge >= 0.3 is 0 Å². The minimum atomic E-state index is -0.355.